The number of carboxylic acid groups (broad SMARTS) is 1. The number of nitrogen functional groups attached to an aromatic ring is 1. The first-order valence-corrected chi connectivity index (χ1v) is 7.38. The van der Waals surface area contributed by atoms with Crippen LogP contribution in [0, 0.1) is 0 Å². The Morgan fingerprint density at radius 3 is 2.71 bits per heavy atom. The van der Waals surface area contributed by atoms with Crippen LogP contribution in [-0.2, 0) is 4.74 Å². The van der Waals surface area contributed by atoms with Gasteiger partial charge >= 0.3 is 5.97 Å². The smallest absolute Gasteiger partial charge is 0.335 e. The highest BCUT2D eigenvalue weighted by molar-refractivity contribution is 5.90. The van der Waals surface area contributed by atoms with Crippen molar-refractivity contribution >= 4 is 17.3 Å². The van der Waals surface area contributed by atoms with Gasteiger partial charge in [-0.15, -0.1) is 0 Å². The monoisotopic (exact) mass is 292 g/mol. The molecule has 1 fully saturated rings. The fourth-order valence-electron chi connectivity index (χ4n) is 2.83. The molecule has 0 radical (unpaired) electrons. The zero-order chi connectivity index (χ0) is 15.6. The zero-order valence-corrected chi connectivity index (χ0v) is 12.9. The molecule has 0 bridgehead atoms. The normalized spacial score (nSPS) is 20.4. The number of aromatic carboxylic acids is 1. The number of carbonyl (C=O) groups is 1. The summed E-state index contributed by atoms with van der Waals surface area (Å²) in [6, 6.07) is 4.89. The van der Waals surface area contributed by atoms with E-state index in [1.165, 1.54) is 6.07 Å². The van der Waals surface area contributed by atoms with Crippen molar-refractivity contribution in [3.05, 3.63) is 23.8 Å². The molecule has 0 aromatic heterocycles. The molecule has 1 atom stereocenters. The molecule has 1 unspecified atom stereocenters. The van der Waals surface area contributed by atoms with Crippen molar-refractivity contribution in [2.24, 2.45) is 0 Å². The van der Waals surface area contributed by atoms with Gasteiger partial charge in [0.25, 0.3) is 0 Å². The summed E-state index contributed by atoms with van der Waals surface area (Å²) in [5.74, 6) is -0.961. The summed E-state index contributed by atoms with van der Waals surface area (Å²) >= 11 is 0. The lowest BCUT2D eigenvalue weighted by molar-refractivity contribution is -0.0114. The number of benzene rings is 1. The molecular formula is C16H24N2O3. The second-order valence-electron chi connectivity index (χ2n) is 6.16. The third kappa shape index (κ3) is 3.67. The number of carboxylic acids is 1. The van der Waals surface area contributed by atoms with E-state index in [2.05, 4.69) is 25.7 Å². The fraction of sp³-hybridized carbons (Fsp3) is 0.562. The molecule has 0 spiro atoms. The van der Waals surface area contributed by atoms with E-state index in [1.807, 2.05) is 0 Å². The van der Waals surface area contributed by atoms with E-state index in [4.69, 9.17) is 15.6 Å². The number of hydrogen-bond acceptors (Lipinski definition) is 4. The van der Waals surface area contributed by atoms with Crippen LogP contribution in [0.4, 0.5) is 11.4 Å². The second kappa shape index (κ2) is 5.93. The molecule has 1 aromatic rings. The van der Waals surface area contributed by atoms with Gasteiger partial charge < -0.3 is 20.5 Å². The lowest BCUT2D eigenvalue weighted by Crippen LogP contribution is -2.34. The average Bonchev–Trinajstić information content (AvgIpc) is 2.75. The maximum atomic E-state index is 11.0. The van der Waals surface area contributed by atoms with Crippen molar-refractivity contribution in [2.45, 2.75) is 45.3 Å². The molecule has 0 aliphatic carbocycles. The maximum absolute atomic E-state index is 11.0. The molecule has 3 N–H and O–H groups in total. The van der Waals surface area contributed by atoms with Gasteiger partial charge in [0.1, 0.15) is 0 Å². The van der Waals surface area contributed by atoms with E-state index in [0.29, 0.717) is 5.69 Å². The van der Waals surface area contributed by atoms with E-state index in [-0.39, 0.29) is 17.3 Å². The number of anilines is 2. The highest BCUT2D eigenvalue weighted by Crippen LogP contribution is 2.32. The van der Waals surface area contributed by atoms with Crippen LogP contribution in [0.1, 0.15) is 44.0 Å². The van der Waals surface area contributed by atoms with Crippen LogP contribution in [0.2, 0.25) is 0 Å². The first kappa shape index (κ1) is 15.6. The molecule has 0 amide bonds. The Hall–Kier alpha value is -1.75. The van der Waals surface area contributed by atoms with Crippen molar-refractivity contribution in [2.75, 3.05) is 23.7 Å². The molecule has 1 aliphatic heterocycles. The third-order valence-electron chi connectivity index (χ3n) is 3.97. The van der Waals surface area contributed by atoms with Gasteiger partial charge in [-0.3, -0.25) is 0 Å². The van der Waals surface area contributed by atoms with Crippen LogP contribution < -0.4 is 10.6 Å². The van der Waals surface area contributed by atoms with Gasteiger partial charge in [-0.2, -0.15) is 0 Å². The van der Waals surface area contributed by atoms with Crippen molar-refractivity contribution in [1.29, 1.82) is 0 Å². The molecular weight excluding hydrogens is 268 g/mol. The molecule has 1 heterocycles. The number of nitrogens with two attached hydrogens (primary N) is 1. The SMILES string of the molecule is CCN(CC1CCC(C)(C)O1)c1ccc(C(=O)O)cc1N. The van der Waals surface area contributed by atoms with Crippen molar-refractivity contribution in [3.8, 4) is 0 Å². The largest absolute Gasteiger partial charge is 0.478 e. The Labute approximate surface area is 125 Å². The van der Waals surface area contributed by atoms with Crippen molar-refractivity contribution in [3.63, 3.8) is 0 Å². The van der Waals surface area contributed by atoms with E-state index < -0.39 is 5.97 Å². The van der Waals surface area contributed by atoms with Gasteiger partial charge in [0.2, 0.25) is 0 Å². The molecule has 5 heteroatoms. The number of rotatable bonds is 5. The zero-order valence-electron chi connectivity index (χ0n) is 12.9. The molecule has 0 saturated carbocycles. The van der Waals surface area contributed by atoms with Gasteiger partial charge in [-0.1, -0.05) is 0 Å². The van der Waals surface area contributed by atoms with E-state index in [0.717, 1.165) is 31.6 Å². The molecule has 116 valence electrons. The van der Waals surface area contributed by atoms with Crippen LogP contribution in [0.3, 0.4) is 0 Å². The summed E-state index contributed by atoms with van der Waals surface area (Å²) in [7, 11) is 0. The Kier molecular flexibility index (Phi) is 4.42. The summed E-state index contributed by atoms with van der Waals surface area (Å²) in [5, 5.41) is 8.99. The van der Waals surface area contributed by atoms with Crippen molar-refractivity contribution in [1.82, 2.24) is 0 Å². The van der Waals surface area contributed by atoms with Crippen LogP contribution in [-0.4, -0.2) is 35.9 Å². The molecule has 1 saturated heterocycles. The third-order valence-corrected chi connectivity index (χ3v) is 3.97. The van der Waals surface area contributed by atoms with Gasteiger partial charge in [0.05, 0.1) is 28.6 Å². The number of ether oxygens (including phenoxy) is 1. The molecule has 1 aromatic carbocycles. The van der Waals surface area contributed by atoms with Crippen LogP contribution >= 0.6 is 0 Å². The Morgan fingerprint density at radius 1 is 1.52 bits per heavy atom. The van der Waals surface area contributed by atoms with Crippen LogP contribution in [0.25, 0.3) is 0 Å². The van der Waals surface area contributed by atoms with Crippen LogP contribution in [0.5, 0.6) is 0 Å². The Balaban J connectivity index is 2.13. The van der Waals surface area contributed by atoms with E-state index >= 15 is 0 Å². The lowest BCUT2D eigenvalue weighted by atomic mass is 10.1. The Morgan fingerprint density at radius 2 is 2.24 bits per heavy atom. The molecule has 1 aliphatic rings. The predicted octanol–water partition coefficient (Wildman–Crippen LogP) is 2.75. The summed E-state index contributed by atoms with van der Waals surface area (Å²) in [6.07, 6.45) is 2.29. The maximum Gasteiger partial charge on any atom is 0.335 e. The van der Waals surface area contributed by atoms with Gasteiger partial charge in [0, 0.05) is 13.1 Å². The highest BCUT2D eigenvalue weighted by atomic mass is 16.5. The van der Waals surface area contributed by atoms with E-state index in [9.17, 15) is 4.79 Å². The minimum atomic E-state index is -0.961. The van der Waals surface area contributed by atoms with Gasteiger partial charge in [-0.25, -0.2) is 4.79 Å². The summed E-state index contributed by atoms with van der Waals surface area (Å²) in [5.41, 5.74) is 7.54. The predicted molar refractivity (Wildman–Crippen MR) is 83.9 cm³/mol. The summed E-state index contributed by atoms with van der Waals surface area (Å²) in [4.78, 5) is 13.1. The Bertz CT molecular complexity index is 528. The van der Waals surface area contributed by atoms with Gasteiger partial charge in [0.15, 0.2) is 0 Å². The highest BCUT2D eigenvalue weighted by Gasteiger charge is 2.32. The molecule has 2 rings (SSSR count). The fourth-order valence-corrected chi connectivity index (χ4v) is 2.83. The second-order valence-corrected chi connectivity index (χ2v) is 6.16. The number of hydrogen-bond donors (Lipinski definition) is 2. The quantitative estimate of drug-likeness (QED) is 0.816. The molecule has 5 nitrogen and oxygen atoms in total. The number of likely N-dealkylation sites (N-methyl/N-ethyl adjacent to an activating group) is 1. The first-order chi connectivity index (χ1) is 9.82. The lowest BCUT2D eigenvalue weighted by Gasteiger charge is -2.28. The molecule has 21 heavy (non-hydrogen) atoms. The minimum Gasteiger partial charge on any atom is -0.478 e. The topological polar surface area (TPSA) is 75.8 Å². The number of nitrogens with zero attached hydrogens (tertiary/aromatic N) is 1. The summed E-state index contributed by atoms with van der Waals surface area (Å²) < 4.78 is 6.03. The van der Waals surface area contributed by atoms with Crippen LogP contribution in [0.15, 0.2) is 18.2 Å². The average molecular weight is 292 g/mol. The van der Waals surface area contributed by atoms with E-state index in [1.54, 1.807) is 12.1 Å². The summed E-state index contributed by atoms with van der Waals surface area (Å²) in [6.45, 7) is 7.86. The minimum absolute atomic E-state index is 0.0528. The van der Waals surface area contributed by atoms with Gasteiger partial charge in [-0.05, 0) is 51.8 Å². The van der Waals surface area contributed by atoms with Crippen molar-refractivity contribution < 1.29 is 14.6 Å². The first-order valence-electron chi connectivity index (χ1n) is 7.38. The standard InChI is InChI=1S/C16H24N2O3/c1-4-18(10-12-7-8-16(2,3)21-12)14-6-5-11(15(19)20)9-13(14)17/h5-6,9,12H,4,7-8,10,17H2,1-3H3,(H,19,20).